The molecule has 4 aromatic rings. The summed E-state index contributed by atoms with van der Waals surface area (Å²) in [6.07, 6.45) is 1.74. The van der Waals surface area contributed by atoms with E-state index in [4.69, 9.17) is 9.47 Å². The Bertz CT molecular complexity index is 1790. The van der Waals surface area contributed by atoms with Gasteiger partial charge in [-0.25, -0.2) is 32.9 Å². The summed E-state index contributed by atoms with van der Waals surface area (Å²) in [7, 11) is 0. The van der Waals surface area contributed by atoms with Crippen LogP contribution in [0.1, 0.15) is 57.5 Å². The van der Waals surface area contributed by atoms with Gasteiger partial charge in [-0.15, -0.1) is 0 Å². The highest BCUT2D eigenvalue weighted by Crippen LogP contribution is 2.35. The highest BCUT2D eigenvalue weighted by atomic mass is 19.1. The van der Waals surface area contributed by atoms with Crippen LogP contribution in [-0.4, -0.2) is 60.7 Å². The number of pyridine rings is 1. The number of hydrogen-bond acceptors (Lipinski definition) is 8. The number of fused-ring (bicyclic) bond motifs is 2. The van der Waals surface area contributed by atoms with Crippen molar-refractivity contribution in [3.8, 4) is 5.82 Å². The largest absolute Gasteiger partial charge is 0.444 e. The monoisotopic (exact) mass is 593 g/mol. The van der Waals surface area contributed by atoms with Crippen LogP contribution >= 0.6 is 0 Å². The van der Waals surface area contributed by atoms with Gasteiger partial charge >= 0.3 is 6.09 Å². The lowest BCUT2D eigenvalue weighted by atomic mass is 9.99. The molecule has 0 atom stereocenters. The number of anilines is 2. The zero-order chi connectivity index (χ0) is 30.7. The molecule has 226 valence electrons. The van der Waals surface area contributed by atoms with Crippen molar-refractivity contribution in [2.45, 2.75) is 64.9 Å². The number of aromatic nitrogens is 5. The Morgan fingerprint density at radius 3 is 2.58 bits per heavy atom. The predicted octanol–water partition coefficient (Wildman–Crippen LogP) is 4.93. The van der Waals surface area contributed by atoms with E-state index >= 15 is 4.39 Å². The summed E-state index contributed by atoms with van der Waals surface area (Å²) in [6.45, 7) is 9.56. The zero-order valence-corrected chi connectivity index (χ0v) is 24.6. The molecule has 0 saturated carbocycles. The first-order chi connectivity index (χ1) is 20.3. The SMILES string of the molecule is CC(C)n1c(=O)c2cnc(Nc3ccc4c(c3)CCN(C(=O)OC(C)(C)C)C4)nc2n1-c1ccc(F)c(C2(F)COC2)n1. The van der Waals surface area contributed by atoms with Crippen molar-refractivity contribution in [1.82, 2.24) is 29.2 Å². The van der Waals surface area contributed by atoms with Gasteiger partial charge in [0.1, 0.15) is 22.5 Å². The maximum atomic E-state index is 15.2. The average Bonchev–Trinajstić information content (AvgIpc) is 3.22. The van der Waals surface area contributed by atoms with Crippen LogP contribution in [0.4, 0.5) is 25.2 Å². The summed E-state index contributed by atoms with van der Waals surface area (Å²) in [5, 5.41) is 3.44. The number of nitrogens with zero attached hydrogens (tertiary/aromatic N) is 6. The Morgan fingerprint density at radius 1 is 1.14 bits per heavy atom. The van der Waals surface area contributed by atoms with Gasteiger partial charge in [-0.1, -0.05) is 6.07 Å². The van der Waals surface area contributed by atoms with E-state index in [-0.39, 0.29) is 59.4 Å². The quantitative estimate of drug-likeness (QED) is 0.346. The predicted molar refractivity (Wildman–Crippen MR) is 155 cm³/mol. The Balaban J connectivity index is 1.33. The number of carbonyl (C=O) groups excluding carboxylic acids is 1. The first kappa shape index (κ1) is 28.7. The van der Waals surface area contributed by atoms with Crippen LogP contribution in [0.3, 0.4) is 0 Å². The van der Waals surface area contributed by atoms with Crippen molar-refractivity contribution in [2.24, 2.45) is 0 Å². The second-order valence-electron chi connectivity index (χ2n) is 12.2. The van der Waals surface area contributed by atoms with E-state index in [9.17, 15) is 14.0 Å². The fraction of sp³-hybridized carbons (Fsp3) is 0.433. The highest BCUT2D eigenvalue weighted by Gasteiger charge is 2.44. The normalized spacial score (nSPS) is 16.2. The maximum Gasteiger partial charge on any atom is 0.410 e. The van der Waals surface area contributed by atoms with E-state index in [1.807, 2.05) is 52.8 Å². The molecule has 0 spiro atoms. The molecule has 3 aromatic heterocycles. The van der Waals surface area contributed by atoms with Gasteiger partial charge in [0, 0.05) is 31.0 Å². The summed E-state index contributed by atoms with van der Waals surface area (Å²) in [4.78, 5) is 40.9. The minimum Gasteiger partial charge on any atom is -0.444 e. The summed E-state index contributed by atoms with van der Waals surface area (Å²) >= 11 is 0. The molecule has 1 fully saturated rings. The number of hydrogen-bond donors (Lipinski definition) is 1. The standard InChI is InChI=1S/C30H33F2N7O4/c1-17(2)38-26(40)21-13-33-27(36-25(21)39(38)23-9-8-22(31)24(35-23)30(32)15-42-16-30)34-20-7-6-19-14-37(11-10-18(19)12-20)28(41)43-29(3,4)5/h6-9,12-13,17H,10-11,14-16H2,1-5H3,(H,33,34,36). The molecule has 1 saturated heterocycles. The topological polar surface area (TPSA) is 116 Å². The first-order valence-corrected chi connectivity index (χ1v) is 14.1. The molecule has 43 heavy (non-hydrogen) atoms. The number of halogens is 2. The van der Waals surface area contributed by atoms with Crippen LogP contribution in [-0.2, 0) is 28.1 Å². The van der Waals surface area contributed by atoms with Crippen LogP contribution in [0.15, 0.2) is 41.3 Å². The molecule has 0 bridgehead atoms. The molecule has 0 unspecified atom stereocenters. The molecule has 2 aliphatic rings. The molecule has 0 aliphatic carbocycles. The third kappa shape index (κ3) is 5.33. The van der Waals surface area contributed by atoms with Crippen LogP contribution in [0, 0.1) is 5.82 Å². The smallest absolute Gasteiger partial charge is 0.410 e. The minimum absolute atomic E-state index is 0.147. The van der Waals surface area contributed by atoms with Crippen LogP contribution < -0.4 is 10.9 Å². The van der Waals surface area contributed by atoms with Gasteiger partial charge in [0.25, 0.3) is 5.56 Å². The molecule has 0 radical (unpaired) electrons. The molecule has 1 amide bonds. The third-order valence-electron chi connectivity index (χ3n) is 7.37. The summed E-state index contributed by atoms with van der Waals surface area (Å²) in [5.41, 5.74) is -0.257. The second-order valence-corrected chi connectivity index (χ2v) is 12.2. The van der Waals surface area contributed by atoms with Crippen molar-refractivity contribution in [1.29, 1.82) is 0 Å². The molecule has 5 heterocycles. The van der Waals surface area contributed by atoms with E-state index in [0.717, 1.165) is 22.9 Å². The van der Waals surface area contributed by atoms with Gasteiger partial charge in [0.15, 0.2) is 11.5 Å². The summed E-state index contributed by atoms with van der Waals surface area (Å²) in [5.74, 6) is -0.415. The fourth-order valence-corrected chi connectivity index (χ4v) is 5.27. The van der Waals surface area contributed by atoms with Gasteiger partial charge in [-0.3, -0.25) is 4.79 Å². The molecule has 6 rings (SSSR count). The second kappa shape index (κ2) is 10.4. The first-order valence-electron chi connectivity index (χ1n) is 14.1. The van der Waals surface area contributed by atoms with Gasteiger partial charge in [0.05, 0.1) is 13.2 Å². The number of nitrogens with one attached hydrogen (secondary N) is 1. The maximum absolute atomic E-state index is 15.2. The number of amides is 1. The van der Waals surface area contributed by atoms with E-state index in [1.165, 1.54) is 21.6 Å². The Hall–Kier alpha value is -4.39. The lowest BCUT2D eigenvalue weighted by Crippen LogP contribution is -2.44. The van der Waals surface area contributed by atoms with Crippen molar-refractivity contribution >= 4 is 28.8 Å². The van der Waals surface area contributed by atoms with E-state index in [1.54, 1.807) is 4.90 Å². The van der Waals surface area contributed by atoms with Crippen LogP contribution in [0.2, 0.25) is 0 Å². The van der Waals surface area contributed by atoms with Crippen LogP contribution in [0.5, 0.6) is 0 Å². The zero-order valence-electron chi connectivity index (χ0n) is 24.6. The van der Waals surface area contributed by atoms with Crippen molar-refractivity contribution in [2.75, 3.05) is 25.1 Å². The molecule has 2 aliphatic heterocycles. The number of rotatable bonds is 5. The lowest BCUT2D eigenvalue weighted by Gasteiger charge is -2.33. The summed E-state index contributed by atoms with van der Waals surface area (Å²) in [6, 6.07) is 8.00. The molecular formula is C30H33F2N7O4. The van der Waals surface area contributed by atoms with Crippen LogP contribution in [0.25, 0.3) is 16.9 Å². The van der Waals surface area contributed by atoms with Crippen molar-refractivity contribution < 1.29 is 23.0 Å². The fourth-order valence-electron chi connectivity index (χ4n) is 5.27. The van der Waals surface area contributed by atoms with E-state index < -0.39 is 17.1 Å². The number of alkyl halides is 1. The number of ether oxygens (including phenoxy) is 2. The summed E-state index contributed by atoms with van der Waals surface area (Å²) < 4.78 is 43.2. The number of carbonyl (C=O) groups is 1. The van der Waals surface area contributed by atoms with Gasteiger partial charge in [-0.2, -0.15) is 4.98 Å². The third-order valence-corrected chi connectivity index (χ3v) is 7.37. The number of benzene rings is 1. The molecule has 1 N–H and O–H groups in total. The molecular weight excluding hydrogens is 560 g/mol. The lowest BCUT2D eigenvalue weighted by molar-refractivity contribution is -0.139. The molecule has 13 heteroatoms. The minimum atomic E-state index is -2.04. The van der Waals surface area contributed by atoms with Gasteiger partial charge in [0.2, 0.25) is 11.6 Å². The molecule has 1 aromatic carbocycles. The highest BCUT2D eigenvalue weighted by molar-refractivity contribution is 5.77. The van der Waals surface area contributed by atoms with E-state index in [0.29, 0.717) is 19.5 Å². The molecule has 11 nitrogen and oxygen atoms in total. The Labute approximate surface area is 246 Å². The Kier molecular flexibility index (Phi) is 6.95. The Morgan fingerprint density at radius 2 is 1.91 bits per heavy atom. The van der Waals surface area contributed by atoms with Gasteiger partial charge in [-0.05, 0) is 76.4 Å². The van der Waals surface area contributed by atoms with Gasteiger partial charge < -0.3 is 19.7 Å². The average molecular weight is 594 g/mol. The van der Waals surface area contributed by atoms with E-state index in [2.05, 4.69) is 20.3 Å². The van der Waals surface area contributed by atoms with Crippen molar-refractivity contribution in [3.05, 3.63) is 69.5 Å². The van der Waals surface area contributed by atoms with Crippen molar-refractivity contribution in [3.63, 3.8) is 0 Å².